The third-order valence-electron chi connectivity index (χ3n) is 2.90. The zero-order chi connectivity index (χ0) is 14.4. The molecule has 0 saturated heterocycles. The number of methoxy groups -OCH3 is 1. The van der Waals surface area contributed by atoms with E-state index >= 15 is 0 Å². The highest BCUT2D eigenvalue weighted by molar-refractivity contribution is 5.21. The normalized spacial score (nSPS) is 10.5. The van der Waals surface area contributed by atoms with Crippen LogP contribution in [0, 0.1) is 0 Å². The fraction of sp³-hybridized carbons (Fsp3) is 0.333. The van der Waals surface area contributed by atoms with Crippen molar-refractivity contribution in [2.24, 2.45) is 0 Å². The standard InChI is InChI=1S/C15H18N2O3/c1-3-12-13(9-19-2)16-14(17-15(12)18)10-20-11-7-5-4-6-8-11/h4-8H,3,9-10H2,1-2H3,(H,16,17,18). The second-order valence-corrected chi connectivity index (χ2v) is 4.33. The summed E-state index contributed by atoms with van der Waals surface area (Å²) in [5, 5.41) is 0. The minimum absolute atomic E-state index is 0.124. The van der Waals surface area contributed by atoms with E-state index in [9.17, 15) is 4.79 Å². The molecule has 0 bridgehead atoms. The van der Waals surface area contributed by atoms with Gasteiger partial charge in [0.2, 0.25) is 0 Å². The number of ether oxygens (including phenoxy) is 2. The number of hydrogen-bond donors (Lipinski definition) is 1. The Hall–Kier alpha value is -2.14. The van der Waals surface area contributed by atoms with Crippen molar-refractivity contribution in [2.45, 2.75) is 26.6 Å². The summed E-state index contributed by atoms with van der Waals surface area (Å²) in [6.45, 7) is 2.47. The quantitative estimate of drug-likeness (QED) is 0.875. The highest BCUT2D eigenvalue weighted by Gasteiger charge is 2.10. The Morgan fingerprint density at radius 1 is 1.20 bits per heavy atom. The first-order valence-corrected chi connectivity index (χ1v) is 6.52. The zero-order valence-corrected chi connectivity index (χ0v) is 11.7. The Balaban J connectivity index is 2.18. The van der Waals surface area contributed by atoms with Crippen molar-refractivity contribution in [2.75, 3.05) is 7.11 Å². The second-order valence-electron chi connectivity index (χ2n) is 4.33. The second kappa shape index (κ2) is 6.86. The van der Waals surface area contributed by atoms with E-state index in [-0.39, 0.29) is 12.2 Å². The third-order valence-corrected chi connectivity index (χ3v) is 2.90. The van der Waals surface area contributed by atoms with Crippen LogP contribution in [0.15, 0.2) is 35.1 Å². The van der Waals surface area contributed by atoms with Gasteiger partial charge in [-0.15, -0.1) is 0 Å². The number of aromatic nitrogens is 2. The van der Waals surface area contributed by atoms with E-state index in [4.69, 9.17) is 9.47 Å². The van der Waals surface area contributed by atoms with Crippen molar-refractivity contribution in [3.05, 3.63) is 57.8 Å². The van der Waals surface area contributed by atoms with Crippen LogP contribution in [-0.4, -0.2) is 17.1 Å². The van der Waals surface area contributed by atoms with Gasteiger partial charge in [0.15, 0.2) is 0 Å². The van der Waals surface area contributed by atoms with Crippen molar-refractivity contribution in [1.29, 1.82) is 0 Å². The van der Waals surface area contributed by atoms with Crippen LogP contribution in [0.2, 0.25) is 0 Å². The van der Waals surface area contributed by atoms with Crippen molar-refractivity contribution in [3.63, 3.8) is 0 Å². The molecule has 1 N–H and O–H groups in total. The lowest BCUT2D eigenvalue weighted by Gasteiger charge is -2.09. The van der Waals surface area contributed by atoms with E-state index in [2.05, 4.69) is 9.97 Å². The molecule has 1 heterocycles. The fourth-order valence-corrected chi connectivity index (χ4v) is 1.95. The summed E-state index contributed by atoms with van der Waals surface area (Å²) in [6.07, 6.45) is 0.626. The van der Waals surface area contributed by atoms with Gasteiger partial charge in [-0.3, -0.25) is 4.79 Å². The predicted octanol–water partition coefficient (Wildman–Crippen LogP) is 2.06. The Morgan fingerprint density at radius 2 is 1.95 bits per heavy atom. The molecule has 0 amide bonds. The highest BCUT2D eigenvalue weighted by atomic mass is 16.5. The molecule has 0 aliphatic carbocycles. The molecule has 0 aliphatic rings. The summed E-state index contributed by atoms with van der Waals surface area (Å²) >= 11 is 0. The molecule has 0 radical (unpaired) electrons. The van der Waals surface area contributed by atoms with Crippen molar-refractivity contribution < 1.29 is 9.47 Å². The first-order valence-electron chi connectivity index (χ1n) is 6.52. The molecule has 2 rings (SSSR count). The van der Waals surface area contributed by atoms with Gasteiger partial charge in [-0.1, -0.05) is 25.1 Å². The molecule has 5 nitrogen and oxygen atoms in total. The minimum Gasteiger partial charge on any atom is -0.486 e. The summed E-state index contributed by atoms with van der Waals surface area (Å²) in [7, 11) is 1.59. The molecular weight excluding hydrogens is 256 g/mol. The zero-order valence-electron chi connectivity index (χ0n) is 11.7. The number of nitrogens with one attached hydrogen (secondary N) is 1. The van der Waals surface area contributed by atoms with Crippen LogP contribution in [0.5, 0.6) is 5.75 Å². The van der Waals surface area contributed by atoms with Gasteiger partial charge in [0, 0.05) is 12.7 Å². The van der Waals surface area contributed by atoms with Crippen LogP contribution in [0.25, 0.3) is 0 Å². The van der Waals surface area contributed by atoms with E-state index in [1.54, 1.807) is 7.11 Å². The van der Waals surface area contributed by atoms with Crippen LogP contribution < -0.4 is 10.3 Å². The molecule has 0 atom stereocenters. The maximum atomic E-state index is 12.0. The van der Waals surface area contributed by atoms with Gasteiger partial charge in [0.05, 0.1) is 12.3 Å². The van der Waals surface area contributed by atoms with E-state index < -0.39 is 0 Å². The van der Waals surface area contributed by atoms with E-state index in [1.165, 1.54) is 0 Å². The smallest absolute Gasteiger partial charge is 0.254 e. The first kappa shape index (κ1) is 14.3. The van der Waals surface area contributed by atoms with Crippen LogP contribution in [0.3, 0.4) is 0 Å². The molecule has 0 spiro atoms. The van der Waals surface area contributed by atoms with E-state index in [0.717, 1.165) is 5.75 Å². The molecule has 106 valence electrons. The predicted molar refractivity (Wildman–Crippen MR) is 75.7 cm³/mol. The molecule has 5 heteroatoms. The van der Waals surface area contributed by atoms with Crippen molar-refractivity contribution >= 4 is 0 Å². The van der Waals surface area contributed by atoms with Crippen molar-refractivity contribution in [3.8, 4) is 5.75 Å². The van der Waals surface area contributed by atoms with Crippen molar-refractivity contribution in [1.82, 2.24) is 9.97 Å². The van der Waals surface area contributed by atoms with Gasteiger partial charge in [0.1, 0.15) is 18.2 Å². The Bertz CT molecular complexity index is 608. The lowest BCUT2D eigenvalue weighted by Crippen LogP contribution is -2.21. The van der Waals surface area contributed by atoms with Gasteiger partial charge in [-0.25, -0.2) is 4.98 Å². The van der Waals surface area contributed by atoms with Gasteiger partial charge in [-0.2, -0.15) is 0 Å². The molecular formula is C15H18N2O3. The summed E-state index contributed by atoms with van der Waals surface area (Å²) in [5.41, 5.74) is 1.21. The monoisotopic (exact) mass is 274 g/mol. The van der Waals surface area contributed by atoms with Gasteiger partial charge in [0.25, 0.3) is 5.56 Å². The molecule has 20 heavy (non-hydrogen) atoms. The number of hydrogen-bond acceptors (Lipinski definition) is 4. The molecule has 0 saturated carbocycles. The molecule has 0 unspecified atom stereocenters. The number of para-hydroxylation sites is 1. The molecule has 2 aromatic rings. The number of H-pyrrole nitrogens is 1. The Morgan fingerprint density at radius 3 is 2.60 bits per heavy atom. The Labute approximate surface area is 117 Å². The summed E-state index contributed by atoms with van der Waals surface area (Å²) in [6, 6.07) is 9.41. The number of nitrogens with zero attached hydrogens (tertiary/aromatic N) is 1. The number of aromatic amines is 1. The number of benzene rings is 1. The van der Waals surface area contributed by atoms with E-state index in [0.29, 0.717) is 30.1 Å². The maximum Gasteiger partial charge on any atom is 0.254 e. The topological polar surface area (TPSA) is 64.2 Å². The van der Waals surface area contributed by atoms with Gasteiger partial charge < -0.3 is 14.5 Å². The van der Waals surface area contributed by atoms with Crippen LogP contribution in [0.4, 0.5) is 0 Å². The van der Waals surface area contributed by atoms with Gasteiger partial charge >= 0.3 is 0 Å². The minimum atomic E-state index is -0.124. The van der Waals surface area contributed by atoms with Gasteiger partial charge in [-0.05, 0) is 18.6 Å². The largest absolute Gasteiger partial charge is 0.486 e. The number of rotatable bonds is 6. The molecule has 0 aliphatic heterocycles. The van der Waals surface area contributed by atoms with Crippen LogP contribution >= 0.6 is 0 Å². The lowest BCUT2D eigenvalue weighted by atomic mass is 10.2. The molecule has 0 fully saturated rings. The molecule has 1 aromatic carbocycles. The fourth-order valence-electron chi connectivity index (χ4n) is 1.95. The first-order chi connectivity index (χ1) is 9.74. The average Bonchev–Trinajstić information content (AvgIpc) is 2.46. The molecule has 1 aromatic heterocycles. The van der Waals surface area contributed by atoms with Crippen LogP contribution in [0.1, 0.15) is 24.0 Å². The van der Waals surface area contributed by atoms with Crippen LogP contribution in [-0.2, 0) is 24.4 Å². The summed E-state index contributed by atoms with van der Waals surface area (Å²) < 4.78 is 10.7. The highest BCUT2D eigenvalue weighted by Crippen LogP contribution is 2.10. The summed E-state index contributed by atoms with van der Waals surface area (Å²) in [5.74, 6) is 1.24. The third kappa shape index (κ3) is 3.45. The maximum absolute atomic E-state index is 12.0. The average molecular weight is 274 g/mol. The van der Waals surface area contributed by atoms with E-state index in [1.807, 2.05) is 37.3 Å². The summed E-state index contributed by atoms with van der Waals surface area (Å²) in [4.78, 5) is 19.1. The Kier molecular flexibility index (Phi) is 4.90. The SMILES string of the molecule is CCc1c(COC)nc(COc2ccccc2)[nH]c1=O. The lowest BCUT2D eigenvalue weighted by molar-refractivity contribution is 0.179.